The number of unbranched alkanes of at least 4 members (excludes halogenated alkanes) is 1. The van der Waals surface area contributed by atoms with Crippen molar-refractivity contribution in [2.45, 2.75) is 36.0 Å². The molecule has 0 spiro atoms. The second-order valence-electron chi connectivity index (χ2n) is 6.49. The predicted molar refractivity (Wildman–Crippen MR) is 120 cm³/mol. The molecule has 1 aliphatic rings. The van der Waals surface area contributed by atoms with Crippen LogP contribution in [0.5, 0.6) is 0 Å². The van der Waals surface area contributed by atoms with Crippen molar-refractivity contribution in [3.05, 3.63) is 69.1 Å². The minimum absolute atomic E-state index is 1.10. The van der Waals surface area contributed by atoms with Gasteiger partial charge < -0.3 is 5.32 Å². The van der Waals surface area contributed by atoms with Crippen LogP contribution in [-0.4, -0.2) is 0 Å². The molecule has 0 amide bonds. The average Bonchev–Trinajstić information content (AvgIpc) is 2.64. The molecule has 1 aliphatic heterocycles. The van der Waals surface area contributed by atoms with Crippen LogP contribution in [0.3, 0.4) is 0 Å². The van der Waals surface area contributed by atoms with Gasteiger partial charge in [-0.3, -0.25) is 0 Å². The average molecular weight is 489 g/mol. The van der Waals surface area contributed by atoms with Gasteiger partial charge in [-0.25, -0.2) is 0 Å². The third-order valence-electron chi connectivity index (χ3n) is 4.57. The van der Waals surface area contributed by atoms with E-state index in [4.69, 9.17) is 0 Å². The van der Waals surface area contributed by atoms with Crippen LogP contribution in [0.25, 0.3) is 11.1 Å². The van der Waals surface area contributed by atoms with Gasteiger partial charge >= 0.3 is 0 Å². The Bertz CT molecular complexity index is 951. The molecular weight excluding hydrogens is 470 g/mol. The first-order chi connectivity index (χ1) is 12.6. The van der Waals surface area contributed by atoms with E-state index in [2.05, 4.69) is 98.7 Å². The first-order valence-electron chi connectivity index (χ1n) is 8.81. The van der Waals surface area contributed by atoms with E-state index < -0.39 is 0 Å². The molecule has 4 heteroatoms. The molecule has 3 aromatic rings. The molecule has 3 aromatic carbocycles. The van der Waals surface area contributed by atoms with Crippen molar-refractivity contribution in [3.8, 4) is 11.1 Å². The van der Waals surface area contributed by atoms with Crippen molar-refractivity contribution < 1.29 is 0 Å². The maximum absolute atomic E-state index is 3.69. The normalized spacial score (nSPS) is 12.3. The molecule has 0 atom stereocenters. The summed E-state index contributed by atoms with van der Waals surface area (Å²) < 4.78 is 2.21. The largest absolute Gasteiger partial charge is 0.353 e. The first-order valence-corrected chi connectivity index (χ1v) is 11.2. The summed E-state index contributed by atoms with van der Waals surface area (Å²) >= 11 is 9.07. The molecule has 132 valence electrons. The van der Waals surface area contributed by atoms with Crippen LogP contribution in [0.4, 0.5) is 11.4 Å². The fraction of sp³-hybridized carbons (Fsp3) is 0.182. The van der Waals surface area contributed by atoms with Gasteiger partial charge in [0.1, 0.15) is 0 Å². The van der Waals surface area contributed by atoms with Crippen molar-refractivity contribution in [2.24, 2.45) is 0 Å². The zero-order chi connectivity index (χ0) is 18.1. The number of nitrogens with one attached hydrogen (secondary N) is 1. The van der Waals surface area contributed by atoms with Crippen molar-refractivity contribution in [1.29, 1.82) is 0 Å². The number of rotatable bonds is 4. The predicted octanol–water partition coefficient (Wildman–Crippen LogP) is 8.43. The van der Waals surface area contributed by atoms with Crippen molar-refractivity contribution in [1.82, 2.24) is 0 Å². The number of hydrogen-bond donors (Lipinski definition) is 1. The Balaban J connectivity index is 1.73. The molecule has 1 heterocycles. The van der Waals surface area contributed by atoms with Crippen molar-refractivity contribution in [3.63, 3.8) is 0 Å². The quantitative estimate of drug-likeness (QED) is 0.309. The van der Waals surface area contributed by atoms with Gasteiger partial charge in [0, 0.05) is 24.3 Å². The number of aryl methyl sites for hydroxylation is 1. The fourth-order valence-corrected chi connectivity index (χ4v) is 5.41. The van der Waals surface area contributed by atoms with Crippen LogP contribution in [0.2, 0.25) is 0 Å². The lowest BCUT2D eigenvalue weighted by Gasteiger charge is -2.24. The Labute approximate surface area is 175 Å². The lowest BCUT2D eigenvalue weighted by molar-refractivity contribution is 0.795. The van der Waals surface area contributed by atoms with E-state index in [-0.39, 0.29) is 0 Å². The molecule has 1 N–H and O–H groups in total. The van der Waals surface area contributed by atoms with E-state index in [0.717, 1.165) is 21.1 Å². The second kappa shape index (κ2) is 7.79. The molecule has 4 rings (SSSR count). The second-order valence-corrected chi connectivity index (χ2v) is 9.41. The molecule has 0 fully saturated rings. The molecule has 0 saturated heterocycles. The third kappa shape index (κ3) is 3.73. The number of hydrogen-bond acceptors (Lipinski definition) is 2. The highest BCUT2D eigenvalue weighted by Crippen LogP contribution is 2.49. The van der Waals surface area contributed by atoms with Crippen LogP contribution < -0.4 is 5.32 Å². The molecule has 0 saturated carbocycles. The number of anilines is 2. The van der Waals surface area contributed by atoms with Crippen molar-refractivity contribution in [2.75, 3.05) is 5.32 Å². The van der Waals surface area contributed by atoms with Crippen LogP contribution in [0.15, 0.2) is 73.3 Å². The van der Waals surface area contributed by atoms with Gasteiger partial charge in [-0.15, -0.1) is 0 Å². The maximum Gasteiger partial charge on any atom is 0.0606 e. The van der Waals surface area contributed by atoms with Crippen LogP contribution in [-0.2, 0) is 6.42 Å². The number of benzene rings is 3. The molecule has 0 radical (unpaired) electrons. The summed E-state index contributed by atoms with van der Waals surface area (Å²) in [6, 6.07) is 19.8. The van der Waals surface area contributed by atoms with Gasteiger partial charge in [0.15, 0.2) is 0 Å². The lowest BCUT2D eigenvalue weighted by Crippen LogP contribution is -2.02. The van der Waals surface area contributed by atoms with Gasteiger partial charge in [-0.1, -0.05) is 81.2 Å². The van der Waals surface area contributed by atoms with Gasteiger partial charge in [0.05, 0.1) is 11.4 Å². The lowest BCUT2D eigenvalue weighted by atomic mass is 10.00. The van der Waals surface area contributed by atoms with Gasteiger partial charge in [0.25, 0.3) is 0 Å². The SMILES string of the molecule is CCCCc1ccc(-c2cc(Br)cc3c2Nc2ccc(Br)cc2S3)cc1. The van der Waals surface area contributed by atoms with Crippen LogP contribution in [0.1, 0.15) is 25.3 Å². The van der Waals surface area contributed by atoms with E-state index in [1.807, 2.05) is 11.8 Å². The maximum atomic E-state index is 3.69. The summed E-state index contributed by atoms with van der Waals surface area (Å²) in [6.45, 7) is 2.24. The molecule has 0 aromatic heterocycles. The summed E-state index contributed by atoms with van der Waals surface area (Å²) in [5, 5.41) is 3.65. The summed E-state index contributed by atoms with van der Waals surface area (Å²) in [5.41, 5.74) is 6.24. The minimum Gasteiger partial charge on any atom is -0.353 e. The standard InChI is InChI=1S/C22H19Br2NS/c1-2-3-4-14-5-7-15(8-6-14)18-11-17(24)13-21-22(18)25-19-10-9-16(23)12-20(19)26-21/h5-13,25H,2-4H2,1H3. The van der Waals surface area contributed by atoms with Gasteiger partial charge in [-0.05, 0) is 54.3 Å². The zero-order valence-corrected chi connectivity index (χ0v) is 18.5. The van der Waals surface area contributed by atoms with Crippen LogP contribution in [0, 0.1) is 0 Å². The van der Waals surface area contributed by atoms with E-state index in [9.17, 15) is 0 Å². The van der Waals surface area contributed by atoms with E-state index in [1.54, 1.807) is 0 Å². The molecule has 0 aliphatic carbocycles. The number of halogens is 2. The highest BCUT2D eigenvalue weighted by atomic mass is 79.9. The highest BCUT2D eigenvalue weighted by molar-refractivity contribution is 9.10. The molecule has 1 nitrogen and oxygen atoms in total. The Morgan fingerprint density at radius 2 is 1.65 bits per heavy atom. The topological polar surface area (TPSA) is 12.0 Å². The Kier molecular flexibility index (Phi) is 5.44. The van der Waals surface area contributed by atoms with Gasteiger partial charge in [-0.2, -0.15) is 0 Å². The van der Waals surface area contributed by atoms with E-state index in [1.165, 1.54) is 45.0 Å². The Morgan fingerprint density at radius 1 is 0.885 bits per heavy atom. The highest BCUT2D eigenvalue weighted by Gasteiger charge is 2.20. The molecule has 0 bridgehead atoms. The molecular formula is C22H19Br2NS. The summed E-state index contributed by atoms with van der Waals surface area (Å²) in [6.07, 6.45) is 3.64. The summed E-state index contributed by atoms with van der Waals surface area (Å²) in [7, 11) is 0. The zero-order valence-electron chi connectivity index (χ0n) is 14.5. The number of fused-ring (bicyclic) bond motifs is 2. The third-order valence-corrected chi connectivity index (χ3v) is 6.62. The Hall–Kier alpha value is -1.23. The summed E-state index contributed by atoms with van der Waals surface area (Å²) in [5.74, 6) is 0. The monoisotopic (exact) mass is 487 g/mol. The molecule has 26 heavy (non-hydrogen) atoms. The van der Waals surface area contributed by atoms with Crippen molar-refractivity contribution >= 4 is 55.0 Å². The van der Waals surface area contributed by atoms with Crippen LogP contribution >= 0.6 is 43.6 Å². The molecule has 0 unspecified atom stereocenters. The summed E-state index contributed by atoms with van der Waals surface area (Å²) in [4.78, 5) is 2.49. The van der Waals surface area contributed by atoms with E-state index >= 15 is 0 Å². The first kappa shape index (κ1) is 18.1. The smallest absolute Gasteiger partial charge is 0.0606 e. The van der Waals surface area contributed by atoms with Gasteiger partial charge in [0.2, 0.25) is 0 Å². The fourth-order valence-electron chi connectivity index (χ4n) is 3.19. The Morgan fingerprint density at radius 3 is 2.42 bits per heavy atom. The van der Waals surface area contributed by atoms with E-state index in [0.29, 0.717) is 0 Å². The minimum atomic E-state index is 1.10.